The van der Waals surface area contributed by atoms with Crippen LogP contribution in [0, 0.1) is 0 Å². The van der Waals surface area contributed by atoms with E-state index in [1.54, 1.807) is 29.5 Å². The van der Waals surface area contributed by atoms with Crippen molar-refractivity contribution in [1.82, 2.24) is 25.2 Å². The summed E-state index contributed by atoms with van der Waals surface area (Å²) in [4.78, 5) is 27.8. The summed E-state index contributed by atoms with van der Waals surface area (Å²) in [5.41, 5.74) is 0.330. The highest BCUT2D eigenvalue weighted by atomic mass is 32.1. The molecule has 0 aliphatic rings. The fourth-order valence-corrected chi connectivity index (χ4v) is 3.62. The molecule has 1 atom stereocenters. The highest BCUT2D eigenvalue weighted by Crippen LogP contribution is 2.22. The maximum absolute atomic E-state index is 12.4. The normalized spacial score (nSPS) is 12.4. The number of rotatable bonds is 7. The van der Waals surface area contributed by atoms with Crippen LogP contribution in [0.25, 0.3) is 10.9 Å². The quantitative estimate of drug-likeness (QED) is 0.683. The Morgan fingerprint density at radius 3 is 2.81 bits per heavy atom. The van der Waals surface area contributed by atoms with E-state index < -0.39 is 0 Å². The molecule has 1 amide bonds. The summed E-state index contributed by atoms with van der Waals surface area (Å²) in [5, 5.41) is 13.4. The van der Waals surface area contributed by atoms with Crippen LogP contribution in [-0.2, 0) is 11.3 Å². The van der Waals surface area contributed by atoms with Gasteiger partial charge in [0.2, 0.25) is 5.91 Å². The summed E-state index contributed by atoms with van der Waals surface area (Å²) in [6.07, 6.45) is 0.178. The van der Waals surface area contributed by atoms with E-state index in [0.717, 1.165) is 0 Å². The van der Waals surface area contributed by atoms with Gasteiger partial charge in [-0.05, 0) is 37.7 Å². The number of aryl methyl sites for hydroxylation is 1. The molecule has 8 heteroatoms. The Bertz CT molecular complexity index is 936. The lowest BCUT2D eigenvalue weighted by molar-refractivity contribution is -0.121. The summed E-state index contributed by atoms with van der Waals surface area (Å²) in [6, 6.07) is 11.2. The topological polar surface area (TPSA) is 80.1 Å². The number of nitrogens with zero attached hydrogens (tertiary/aromatic N) is 4. The molecule has 2 aromatic heterocycles. The lowest BCUT2D eigenvalue weighted by atomic mass is 10.2. The van der Waals surface area contributed by atoms with Crippen LogP contribution < -0.4 is 10.9 Å². The Kier molecular flexibility index (Phi) is 5.75. The first-order valence-electron chi connectivity index (χ1n) is 8.35. The number of benzene rings is 1. The lowest BCUT2D eigenvalue weighted by Crippen LogP contribution is -2.35. The maximum atomic E-state index is 12.4. The zero-order chi connectivity index (χ0) is 18.5. The highest BCUT2D eigenvalue weighted by molar-refractivity contribution is 7.10. The third-order valence-corrected chi connectivity index (χ3v) is 5.14. The number of amides is 1. The van der Waals surface area contributed by atoms with E-state index in [9.17, 15) is 9.59 Å². The number of nitrogens with one attached hydrogen (secondary N) is 1. The standard InChI is InChI=1S/C18H21N5O2S/c1-22(2)15(16-8-5-11-26-16)12-19-17(24)9-10-23-18(25)13-6-3-4-7-14(13)20-21-23/h3-8,11,15H,9-10,12H2,1-2H3,(H,19,24). The number of thiophene rings is 1. The molecule has 0 aliphatic carbocycles. The van der Waals surface area contributed by atoms with Crippen LogP contribution in [0.15, 0.2) is 46.6 Å². The molecule has 0 spiro atoms. The van der Waals surface area contributed by atoms with Crippen molar-refractivity contribution in [2.45, 2.75) is 19.0 Å². The smallest absolute Gasteiger partial charge is 0.277 e. The summed E-state index contributed by atoms with van der Waals surface area (Å²) < 4.78 is 1.24. The van der Waals surface area contributed by atoms with Crippen molar-refractivity contribution in [2.24, 2.45) is 0 Å². The van der Waals surface area contributed by atoms with E-state index in [1.165, 1.54) is 9.56 Å². The number of aromatic nitrogens is 3. The Morgan fingerprint density at radius 2 is 2.08 bits per heavy atom. The van der Waals surface area contributed by atoms with Gasteiger partial charge in [-0.2, -0.15) is 0 Å². The fourth-order valence-electron chi connectivity index (χ4n) is 2.69. The van der Waals surface area contributed by atoms with Gasteiger partial charge < -0.3 is 10.2 Å². The molecule has 0 aliphatic heterocycles. The van der Waals surface area contributed by atoms with Crippen molar-refractivity contribution in [1.29, 1.82) is 0 Å². The minimum atomic E-state index is -0.229. The molecule has 3 rings (SSSR count). The molecule has 136 valence electrons. The van der Waals surface area contributed by atoms with Crippen LogP contribution in [0.2, 0.25) is 0 Å². The molecule has 0 radical (unpaired) electrons. The van der Waals surface area contributed by atoms with Crippen molar-refractivity contribution in [3.05, 3.63) is 57.0 Å². The molecule has 2 heterocycles. The zero-order valence-corrected chi connectivity index (χ0v) is 15.6. The molecule has 0 bridgehead atoms. The summed E-state index contributed by atoms with van der Waals surface area (Å²) in [5.74, 6) is -0.115. The van der Waals surface area contributed by atoms with Gasteiger partial charge in [0.05, 0.1) is 18.0 Å². The number of carbonyl (C=O) groups is 1. The highest BCUT2D eigenvalue weighted by Gasteiger charge is 2.16. The second-order valence-electron chi connectivity index (χ2n) is 6.18. The minimum absolute atomic E-state index is 0.115. The molecule has 1 unspecified atom stereocenters. The lowest BCUT2D eigenvalue weighted by Gasteiger charge is -2.23. The maximum Gasteiger partial charge on any atom is 0.277 e. The molecule has 0 saturated heterocycles. The van der Waals surface area contributed by atoms with Crippen LogP contribution in [0.4, 0.5) is 0 Å². The van der Waals surface area contributed by atoms with Crippen molar-refractivity contribution in [3.8, 4) is 0 Å². The number of likely N-dealkylation sites (N-methyl/N-ethyl adjacent to an activating group) is 1. The van der Waals surface area contributed by atoms with E-state index in [-0.39, 0.29) is 30.5 Å². The molecule has 0 fully saturated rings. The Labute approximate surface area is 155 Å². The van der Waals surface area contributed by atoms with Gasteiger partial charge in [0.25, 0.3) is 5.56 Å². The van der Waals surface area contributed by atoms with Gasteiger partial charge in [-0.15, -0.1) is 16.4 Å². The second kappa shape index (κ2) is 8.20. The van der Waals surface area contributed by atoms with Gasteiger partial charge in [-0.3, -0.25) is 9.59 Å². The minimum Gasteiger partial charge on any atom is -0.354 e. The first-order chi connectivity index (χ1) is 12.6. The van der Waals surface area contributed by atoms with Gasteiger partial charge in [0.15, 0.2) is 0 Å². The Morgan fingerprint density at radius 1 is 1.27 bits per heavy atom. The molecule has 1 N–H and O–H groups in total. The average Bonchev–Trinajstić information content (AvgIpc) is 3.15. The SMILES string of the molecule is CN(C)C(CNC(=O)CCn1nnc2ccccc2c1=O)c1cccs1. The Balaban J connectivity index is 1.59. The van der Waals surface area contributed by atoms with Crippen molar-refractivity contribution in [2.75, 3.05) is 20.6 Å². The average molecular weight is 371 g/mol. The number of carbonyl (C=O) groups excluding carboxylic acids is 1. The Hall–Kier alpha value is -2.58. The third-order valence-electron chi connectivity index (χ3n) is 4.17. The van der Waals surface area contributed by atoms with Gasteiger partial charge in [0, 0.05) is 17.8 Å². The third kappa shape index (κ3) is 4.14. The molecule has 1 aromatic carbocycles. The molecule has 26 heavy (non-hydrogen) atoms. The van der Waals surface area contributed by atoms with Gasteiger partial charge in [-0.25, -0.2) is 4.68 Å². The molecule has 7 nitrogen and oxygen atoms in total. The summed E-state index contributed by atoms with van der Waals surface area (Å²) in [6.45, 7) is 0.721. The fraction of sp³-hybridized carbons (Fsp3) is 0.333. The largest absolute Gasteiger partial charge is 0.354 e. The molecule has 3 aromatic rings. The molecule has 0 saturated carbocycles. The van der Waals surface area contributed by atoms with E-state index in [0.29, 0.717) is 17.4 Å². The summed E-state index contributed by atoms with van der Waals surface area (Å²) in [7, 11) is 3.97. The number of hydrogen-bond donors (Lipinski definition) is 1. The predicted molar refractivity (Wildman–Crippen MR) is 102 cm³/mol. The van der Waals surface area contributed by atoms with Crippen molar-refractivity contribution >= 4 is 28.1 Å². The van der Waals surface area contributed by atoms with Crippen molar-refractivity contribution < 1.29 is 4.79 Å². The van der Waals surface area contributed by atoms with E-state index in [2.05, 4.69) is 26.6 Å². The zero-order valence-electron chi connectivity index (χ0n) is 14.8. The van der Waals surface area contributed by atoms with Gasteiger partial charge in [0.1, 0.15) is 5.52 Å². The first kappa shape index (κ1) is 18.2. The summed E-state index contributed by atoms with van der Waals surface area (Å²) >= 11 is 1.67. The van der Waals surface area contributed by atoms with Crippen LogP contribution in [0.1, 0.15) is 17.3 Å². The van der Waals surface area contributed by atoms with Crippen LogP contribution in [-0.4, -0.2) is 46.4 Å². The van der Waals surface area contributed by atoms with E-state index in [4.69, 9.17) is 0 Å². The van der Waals surface area contributed by atoms with E-state index >= 15 is 0 Å². The van der Waals surface area contributed by atoms with Crippen molar-refractivity contribution in [3.63, 3.8) is 0 Å². The number of fused-ring (bicyclic) bond motifs is 1. The van der Waals surface area contributed by atoms with Gasteiger partial charge in [-0.1, -0.05) is 23.4 Å². The molecular formula is C18H21N5O2S. The predicted octanol–water partition coefficient (Wildman–Crippen LogP) is 1.66. The van der Waals surface area contributed by atoms with E-state index in [1.807, 2.05) is 31.6 Å². The van der Waals surface area contributed by atoms with Crippen LogP contribution in [0.5, 0.6) is 0 Å². The second-order valence-corrected chi connectivity index (χ2v) is 7.16. The first-order valence-corrected chi connectivity index (χ1v) is 9.23. The van der Waals surface area contributed by atoms with Gasteiger partial charge >= 0.3 is 0 Å². The monoisotopic (exact) mass is 371 g/mol. The van der Waals surface area contributed by atoms with Crippen LogP contribution >= 0.6 is 11.3 Å². The number of hydrogen-bond acceptors (Lipinski definition) is 6. The molecular weight excluding hydrogens is 350 g/mol. The van der Waals surface area contributed by atoms with Crippen LogP contribution in [0.3, 0.4) is 0 Å².